The number of halogens is 2. The number of aromatic nitrogens is 1. The molecule has 2 atom stereocenters. The van der Waals surface area contributed by atoms with Gasteiger partial charge < -0.3 is 14.8 Å². The molecule has 3 aromatic rings. The minimum atomic E-state index is -0.626. The number of hydrogen-bond acceptors (Lipinski definition) is 4. The lowest BCUT2D eigenvalue weighted by atomic mass is 10.0. The zero-order valence-corrected chi connectivity index (χ0v) is 22.3. The summed E-state index contributed by atoms with van der Waals surface area (Å²) in [6, 6.07) is 9.68. The summed E-state index contributed by atoms with van der Waals surface area (Å²) in [5.41, 5.74) is 2.11. The van der Waals surface area contributed by atoms with E-state index in [2.05, 4.69) is 16.8 Å². The van der Waals surface area contributed by atoms with E-state index in [0.717, 1.165) is 12.0 Å². The van der Waals surface area contributed by atoms with Crippen molar-refractivity contribution in [3.05, 3.63) is 70.1 Å². The van der Waals surface area contributed by atoms with Gasteiger partial charge >= 0.3 is 0 Å². The first-order chi connectivity index (χ1) is 17.6. The van der Waals surface area contributed by atoms with Crippen LogP contribution >= 0.6 is 11.6 Å². The Hall–Kier alpha value is -3.23. The number of nitrogens with zero attached hydrogens (tertiary/aromatic N) is 3. The minimum absolute atomic E-state index is 0.0730. The maximum Gasteiger partial charge on any atom is 0.294 e. The molecule has 2 amide bonds. The molecule has 7 nitrogen and oxygen atoms in total. The molecule has 37 heavy (non-hydrogen) atoms. The van der Waals surface area contributed by atoms with Crippen molar-refractivity contribution in [3.63, 3.8) is 0 Å². The summed E-state index contributed by atoms with van der Waals surface area (Å²) in [5.74, 6) is -1.70. The molecule has 1 saturated heterocycles. The number of amides is 2. The van der Waals surface area contributed by atoms with Crippen LogP contribution in [0.3, 0.4) is 0 Å². The van der Waals surface area contributed by atoms with Gasteiger partial charge in [0, 0.05) is 62.4 Å². The SMILES string of the molecule is CCCN(C)C(=O)C(=O)c1c[nH]c2cc(Cl)c(C(=O)N3C[C@H](C)N(Cc4ccc(F)cc4)CC3C)cc12. The number of fused-ring (bicyclic) bond motifs is 1. The summed E-state index contributed by atoms with van der Waals surface area (Å²) in [6.45, 7) is 8.26. The maximum absolute atomic E-state index is 13.7. The molecule has 4 rings (SSSR count). The number of carbonyl (C=O) groups is 3. The van der Waals surface area contributed by atoms with Gasteiger partial charge in [0.15, 0.2) is 0 Å². The standard InChI is InChI=1S/C28H32ClFN4O3/c1-5-10-32(4)28(37)26(35)23-13-31-25-12-24(29)22(11-21(23)25)27(36)34-15-17(2)33(14-18(34)3)16-19-6-8-20(30)9-7-19/h6-9,11-13,17-18,31H,5,10,14-16H2,1-4H3/t17-,18?/m0/s1. The van der Waals surface area contributed by atoms with Crippen LogP contribution in [0.1, 0.15) is 53.5 Å². The second kappa shape index (κ2) is 11.0. The molecule has 0 bridgehead atoms. The molecule has 196 valence electrons. The predicted molar refractivity (Wildman–Crippen MR) is 142 cm³/mol. The van der Waals surface area contributed by atoms with E-state index in [1.165, 1.54) is 23.2 Å². The fourth-order valence-corrected chi connectivity index (χ4v) is 5.15. The van der Waals surface area contributed by atoms with Crippen LogP contribution in [0.2, 0.25) is 5.02 Å². The van der Waals surface area contributed by atoms with Crippen LogP contribution in [0.4, 0.5) is 4.39 Å². The molecule has 0 aliphatic carbocycles. The number of hydrogen-bond donors (Lipinski definition) is 1. The van der Waals surface area contributed by atoms with Gasteiger partial charge in [-0.2, -0.15) is 0 Å². The van der Waals surface area contributed by atoms with E-state index in [9.17, 15) is 18.8 Å². The molecule has 0 radical (unpaired) electrons. The Morgan fingerprint density at radius 2 is 1.78 bits per heavy atom. The first-order valence-electron chi connectivity index (χ1n) is 12.5. The van der Waals surface area contributed by atoms with Crippen molar-refractivity contribution in [2.24, 2.45) is 0 Å². The van der Waals surface area contributed by atoms with Gasteiger partial charge in [0.25, 0.3) is 17.6 Å². The Labute approximate surface area is 221 Å². The lowest BCUT2D eigenvalue weighted by Gasteiger charge is -2.44. The second-order valence-electron chi connectivity index (χ2n) is 9.85. The number of nitrogens with one attached hydrogen (secondary N) is 1. The number of aromatic amines is 1. The molecule has 0 saturated carbocycles. The van der Waals surface area contributed by atoms with Gasteiger partial charge in [-0.05, 0) is 50.1 Å². The molecule has 2 aromatic carbocycles. The van der Waals surface area contributed by atoms with Crippen LogP contribution in [0, 0.1) is 5.82 Å². The Morgan fingerprint density at radius 3 is 2.46 bits per heavy atom. The maximum atomic E-state index is 13.7. The van der Waals surface area contributed by atoms with Crippen molar-refractivity contribution in [2.75, 3.05) is 26.7 Å². The van der Waals surface area contributed by atoms with Crippen LogP contribution in [0.15, 0.2) is 42.6 Å². The highest BCUT2D eigenvalue weighted by molar-refractivity contribution is 6.45. The number of benzene rings is 2. The Morgan fingerprint density at radius 1 is 1.08 bits per heavy atom. The van der Waals surface area contributed by atoms with Crippen molar-refractivity contribution in [1.29, 1.82) is 0 Å². The molecular weight excluding hydrogens is 495 g/mol. The van der Waals surface area contributed by atoms with Crippen molar-refractivity contribution >= 4 is 40.1 Å². The van der Waals surface area contributed by atoms with Gasteiger partial charge in [-0.25, -0.2) is 4.39 Å². The van der Waals surface area contributed by atoms with Crippen LogP contribution in [-0.2, 0) is 11.3 Å². The molecule has 1 aromatic heterocycles. The topological polar surface area (TPSA) is 76.7 Å². The van der Waals surface area contributed by atoms with Crippen molar-refractivity contribution < 1.29 is 18.8 Å². The van der Waals surface area contributed by atoms with Gasteiger partial charge in [-0.15, -0.1) is 0 Å². The average molecular weight is 527 g/mol. The number of rotatable bonds is 7. The van der Waals surface area contributed by atoms with E-state index in [1.807, 2.05) is 13.8 Å². The number of Topliss-reactive ketones (excluding diaryl/α,β-unsaturated/α-hetero) is 1. The Balaban J connectivity index is 1.56. The zero-order chi connectivity index (χ0) is 26.9. The highest BCUT2D eigenvalue weighted by atomic mass is 35.5. The molecule has 0 spiro atoms. The average Bonchev–Trinajstić information content (AvgIpc) is 3.28. The normalized spacial score (nSPS) is 18.3. The van der Waals surface area contributed by atoms with Gasteiger partial charge in [0.1, 0.15) is 5.82 Å². The van der Waals surface area contributed by atoms with Gasteiger partial charge in [0.2, 0.25) is 0 Å². The summed E-state index contributed by atoms with van der Waals surface area (Å²) in [4.78, 5) is 47.7. The third kappa shape index (κ3) is 5.55. The Kier molecular flexibility index (Phi) is 7.99. The number of carbonyl (C=O) groups excluding carboxylic acids is 3. The van der Waals surface area contributed by atoms with E-state index >= 15 is 0 Å². The van der Waals surface area contributed by atoms with Crippen LogP contribution < -0.4 is 0 Å². The molecule has 2 heterocycles. The zero-order valence-electron chi connectivity index (χ0n) is 21.6. The number of ketones is 1. The van der Waals surface area contributed by atoms with Crippen LogP contribution in [0.5, 0.6) is 0 Å². The van der Waals surface area contributed by atoms with E-state index < -0.39 is 11.7 Å². The van der Waals surface area contributed by atoms with Crippen LogP contribution in [0.25, 0.3) is 10.9 Å². The van der Waals surface area contributed by atoms with E-state index in [0.29, 0.717) is 42.6 Å². The lowest BCUT2D eigenvalue weighted by Crippen LogP contribution is -2.57. The molecule has 1 fully saturated rings. The van der Waals surface area contributed by atoms with E-state index in [-0.39, 0.29) is 34.4 Å². The number of likely N-dealkylation sites (N-methyl/N-ethyl adjacent to an activating group) is 1. The van der Waals surface area contributed by atoms with E-state index in [1.54, 1.807) is 36.2 Å². The third-order valence-electron chi connectivity index (χ3n) is 7.02. The minimum Gasteiger partial charge on any atom is -0.360 e. The smallest absolute Gasteiger partial charge is 0.294 e. The second-order valence-corrected chi connectivity index (χ2v) is 10.3. The number of H-pyrrole nitrogens is 1. The van der Waals surface area contributed by atoms with Crippen molar-refractivity contribution in [2.45, 2.75) is 45.8 Å². The van der Waals surface area contributed by atoms with E-state index in [4.69, 9.17) is 11.6 Å². The molecule has 1 aliphatic heterocycles. The van der Waals surface area contributed by atoms with Crippen molar-refractivity contribution in [1.82, 2.24) is 19.7 Å². The first-order valence-corrected chi connectivity index (χ1v) is 12.9. The molecule has 1 unspecified atom stereocenters. The summed E-state index contributed by atoms with van der Waals surface area (Å²) in [7, 11) is 1.60. The first kappa shape index (κ1) is 26.8. The summed E-state index contributed by atoms with van der Waals surface area (Å²) < 4.78 is 13.3. The summed E-state index contributed by atoms with van der Waals surface area (Å²) in [6.07, 6.45) is 2.24. The van der Waals surface area contributed by atoms with Crippen molar-refractivity contribution in [3.8, 4) is 0 Å². The molecule has 1 aliphatic rings. The predicted octanol–water partition coefficient (Wildman–Crippen LogP) is 4.75. The fraction of sp³-hybridized carbons (Fsp3) is 0.393. The fourth-order valence-electron chi connectivity index (χ4n) is 4.90. The largest absolute Gasteiger partial charge is 0.360 e. The van der Waals surface area contributed by atoms with Gasteiger partial charge in [-0.1, -0.05) is 30.7 Å². The molecular formula is C28H32ClFN4O3. The Bertz CT molecular complexity index is 1320. The molecule has 9 heteroatoms. The summed E-state index contributed by atoms with van der Waals surface area (Å²) in [5, 5.41) is 0.771. The highest BCUT2D eigenvalue weighted by Gasteiger charge is 2.33. The molecule has 1 N–H and O–H groups in total. The number of piperazine rings is 1. The lowest BCUT2D eigenvalue weighted by molar-refractivity contribution is -0.125. The highest BCUT2D eigenvalue weighted by Crippen LogP contribution is 2.29. The van der Waals surface area contributed by atoms with Gasteiger partial charge in [-0.3, -0.25) is 19.3 Å². The quantitative estimate of drug-likeness (QED) is 0.356. The summed E-state index contributed by atoms with van der Waals surface area (Å²) >= 11 is 6.52. The van der Waals surface area contributed by atoms with Crippen LogP contribution in [-0.4, -0.2) is 76.0 Å². The monoisotopic (exact) mass is 526 g/mol. The third-order valence-corrected chi connectivity index (χ3v) is 7.33. The van der Waals surface area contributed by atoms with Gasteiger partial charge in [0.05, 0.1) is 16.1 Å².